The molecule has 1 aliphatic heterocycles. The first-order valence-corrected chi connectivity index (χ1v) is 9.34. The third-order valence-electron chi connectivity index (χ3n) is 5.15. The van der Waals surface area contributed by atoms with E-state index >= 15 is 0 Å². The van der Waals surface area contributed by atoms with Crippen LogP contribution in [0.5, 0.6) is 0 Å². The van der Waals surface area contributed by atoms with Crippen molar-refractivity contribution < 1.29 is 4.79 Å². The lowest BCUT2D eigenvalue weighted by Crippen LogP contribution is -2.34. The maximum Gasteiger partial charge on any atom is 0.253 e. The van der Waals surface area contributed by atoms with Crippen LogP contribution in [-0.4, -0.2) is 30.0 Å². The van der Waals surface area contributed by atoms with E-state index in [1.165, 1.54) is 51.4 Å². The lowest BCUT2D eigenvalue weighted by molar-refractivity contribution is 0.0933. The van der Waals surface area contributed by atoms with Crippen molar-refractivity contribution in [3.63, 3.8) is 0 Å². The largest absolute Gasteiger partial charge is 0.370 e. The van der Waals surface area contributed by atoms with Gasteiger partial charge < -0.3 is 10.2 Å². The van der Waals surface area contributed by atoms with E-state index in [2.05, 4.69) is 15.2 Å². The van der Waals surface area contributed by atoms with Crippen molar-refractivity contribution in [1.29, 1.82) is 0 Å². The second-order valence-electron chi connectivity index (χ2n) is 7.00. The summed E-state index contributed by atoms with van der Waals surface area (Å²) in [7, 11) is 0. The molecule has 3 rings (SSSR count). The summed E-state index contributed by atoms with van der Waals surface area (Å²) >= 11 is 0. The molecule has 0 spiro atoms. The number of rotatable bonds is 3. The molecule has 1 N–H and O–H groups in total. The molecule has 0 aromatic carbocycles. The topological polar surface area (TPSA) is 45.2 Å². The standard InChI is InChI=1S/C19H29N3O/c23-19(21-17-9-5-1-2-6-10-17)16-13-18(15-20-14-16)22-11-7-3-4-8-12-22/h13-15,17H,1-12H2,(H,21,23). The van der Waals surface area contributed by atoms with Gasteiger partial charge in [0, 0.05) is 25.3 Å². The highest BCUT2D eigenvalue weighted by molar-refractivity contribution is 5.94. The van der Waals surface area contributed by atoms with E-state index in [-0.39, 0.29) is 5.91 Å². The zero-order chi connectivity index (χ0) is 15.9. The van der Waals surface area contributed by atoms with E-state index in [9.17, 15) is 4.79 Å². The van der Waals surface area contributed by atoms with E-state index in [4.69, 9.17) is 0 Å². The van der Waals surface area contributed by atoms with E-state index in [1.807, 2.05) is 12.3 Å². The Bertz CT molecular complexity index is 501. The number of pyridine rings is 1. The molecule has 0 atom stereocenters. The zero-order valence-electron chi connectivity index (χ0n) is 14.1. The van der Waals surface area contributed by atoms with Crippen molar-refractivity contribution in [3.8, 4) is 0 Å². The molecule has 2 aliphatic rings. The molecule has 126 valence electrons. The highest BCUT2D eigenvalue weighted by Crippen LogP contribution is 2.21. The van der Waals surface area contributed by atoms with Crippen molar-refractivity contribution >= 4 is 11.6 Å². The Labute approximate surface area is 139 Å². The molecule has 4 heteroatoms. The molecule has 1 aromatic heterocycles. The van der Waals surface area contributed by atoms with Crippen molar-refractivity contribution in [2.24, 2.45) is 0 Å². The lowest BCUT2D eigenvalue weighted by Gasteiger charge is -2.23. The lowest BCUT2D eigenvalue weighted by atomic mass is 10.1. The van der Waals surface area contributed by atoms with Crippen LogP contribution in [0, 0.1) is 0 Å². The minimum Gasteiger partial charge on any atom is -0.370 e. The van der Waals surface area contributed by atoms with Gasteiger partial charge in [0.2, 0.25) is 0 Å². The summed E-state index contributed by atoms with van der Waals surface area (Å²) in [5.41, 5.74) is 1.80. The summed E-state index contributed by atoms with van der Waals surface area (Å²) in [6, 6.07) is 2.36. The van der Waals surface area contributed by atoms with Crippen LogP contribution in [0.1, 0.15) is 74.6 Å². The summed E-state index contributed by atoms with van der Waals surface area (Å²) in [5.74, 6) is 0.0427. The Kier molecular flexibility index (Phi) is 5.89. The van der Waals surface area contributed by atoms with Gasteiger partial charge in [0.05, 0.1) is 17.4 Å². The van der Waals surface area contributed by atoms with Crippen LogP contribution in [0.25, 0.3) is 0 Å². The van der Waals surface area contributed by atoms with Gasteiger partial charge in [-0.05, 0) is 31.7 Å². The Morgan fingerprint density at radius 1 is 0.957 bits per heavy atom. The number of anilines is 1. The maximum absolute atomic E-state index is 12.6. The molecule has 1 aromatic rings. The van der Waals surface area contributed by atoms with Gasteiger partial charge in [-0.1, -0.05) is 38.5 Å². The number of hydrogen-bond acceptors (Lipinski definition) is 3. The molecule has 23 heavy (non-hydrogen) atoms. The van der Waals surface area contributed by atoms with E-state index < -0.39 is 0 Å². The number of nitrogens with zero attached hydrogens (tertiary/aromatic N) is 2. The van der Waals surface area contributed by atoms with Gasteiger partial charge in [-0.2, -0.15) is 0 Å². The number of carbonyl (C=O) groups is 1. The van der Waals surface area contributed by atoms with Crippen molar-refractivity contribution in [2.75, 3.05) is 18.0 Å². The van der Waals surface area contributed by atoms with Crippen LogP contribution in [0.15, 0.2) is 18.5 Å². The number of aromatic nitrogens is 1. The van der Waals surface area contributed by atoms with E-state index in [0.29, 0.717) is 11.6 Å². The highest BCUT2D eigenvalue weighted by atomic mass is 16.1. The van der Waals surface area contributed by atoms with Gasteiger partial charge in [-0.25, -0.2) is 0 Å². The first-order chi connectivity index (χ1) is 11.3. The minimum atomic E-state index is 0.0427. The van der Waals surface area contributed by atoms with Gasteiger partial charge in [0.1, 0.15) is 0 Å². The second kappa shape index (κ2) is 8.32. The quantitative estimate of drug-likeness (QED) is 0.860. The summed E-state index contributed by atoms with van der Waals surface area (Å²) in [6.07, 6.45) is 16.0. The van der Waals surface area contributed by atoms with Crippen molar-refractivity contribution in [3.05, 3.63) is 24.0 Å². The average Bonchev–Trinajstić information content (AvgIpc) is 3.00. The average molecular weight is 315 g/mol. The molecule has 0 radical (unpaired) electrons. The van der Waals surface area contributed by atoms with Gasteiger partial charge in [-0.15, -0.1) is 0 Å². The summed E-state index contributed by atoms with van der Waals surface area (Å²) < 4.78 is 0. The number of carbonyl (C=O) groups excluding carboxylic acids is 1. The Hall–Kier alpha value is -1.58. The van der Waals surface area contributed by atoms with Crippen LogP contribution in [0.2, 0.25) is 0 Å². The maximum atomic E-state index is 12.6. The van der Waals surface area contributed by atoms with Crippen molar-refractivity contribution in [2.45, 2.75) is 70.3 Å². The number of nitrogens with one attached hydrogen (secondary N) is 1. The van der Waals surface area contributed by atoms with Gasteiger partial charge >= 0.3 is 0 Å². The fraction of sp³-hybridized carbons (Fsp3) is 0.684. The molecular formula is C19H29N3O. The Balaban J connectivity index is 1.64. The zero-order valence-corrected chi connectivity index (χ0v) is 14.1. The molecule has 1 aliphatic carbocycles. The molecule has 0 bridgehead atoms. The van der Waals surface area contributed by atoms with Gasteiger partial charge in [-0.3, -0.25) is 9.78 Å². The minimum absolute atomic E-state index is 0.0427. The molecule has 2 fully saturated rings. The molecule has 2 heterocycles. The summed E-state index contributed by atoms with van der Waals surface area (Å²) in [5, 5.41) is 3.22. The molecule has 0 unspecified atom stereocenters. The molecule has 1 saturated carbocycles. The van der Waals surface area contributed by atoms with E-state index in [0.717, 1.165) is 31.6 Å². The van der Waals surface area contributed by atoms with Crippen LogP contribution in [-0.2, 0) is 0 Å². The Morgan fingerprint density at radius 3 is 2.30 bits per heavy atom. The fourth-order valence-corrected chi connectivity index (χ4v) is 3.75. The SMILES string of the molecule is O=C(NC1CCCCCC1)c1cncc(N2CCCCCC2)c1. The van der Waals surface area contributed by atoms with Crippen LogP contribution in [0.4, 0.5) is 5.69 Å². The second-order valence-corrected chi connectivity index (χ2v) is 7.00. The van der Waals surface area contributed by atoms with Crippen LogP contribution in [0.3, 0.4) is 0 Å². The summed E-state index contributed by atoms with van der Waals surface area (Å²) in [6.45, 7) is 2.16. The molecule has 1 amide bonds. The van der Waals surface area contributed by atoms with Gasteiger partial charge in [0.25, 0.3) is 5.91 Å². The summed E-state index contributed by atoms with van der Waals surface area (Å²) in [4.78, 5) is 19.3. The first-order valence-electron chi connectivity index (χ1n) is 9.34. The smallest absolute Gasteiger partial charge is 0.253 e. The van der Waals surface area contributed by atoms with Crippen LogP contribution >= 0.6 is 0 Å². The molecular weight excluding hydrogens is 286 g/mol. The van der Waals surface area contributed by atoms with Gasteiger partial charge in [0.15, 0.2) is 0 Å². The van der Waals surface area contributed by atoms with Crippen LogP contribution < -0.4 is 10.2 Å². The third kappa shape index (κ3) is 4.69. The first kappa shape index (κ1) is 16.3. The van der Waals surface area contributed by atoms with Crippen molar-refractivity contribution in [1.82, 2.24) is 10.3 Å². The predicted molar refractivity (Wildman–Crippen MR) is 93.9 cm³/mol. The third-order valence-corrected chi connectivity index (χ3v) is 5.15. The monoisotopic (exact) mass is 315 g/mol. The number of hydrogen-bond donors (Lipinski definition) is 1. The number of amides is 1. The molecule has 4 nitrogen and oxygen atoms in total. The Morgan fingerprint density at radius 2 is 1.61 bits per heavy atom. The highest BCUT2D eigenvalue weighted by Gasteiger charge is 2.17. The molecule has 1 saturated heterocycles. The van der Waals surface area contributed by atoms with E-state index in [1.54, 1.807) is 6.20 Å². The predicted octanol–water partition coefficient (Wildman–Crippen LogP) is 3.91. The normalized spacial score (nSPS) is 20.6. The fourth-order valence-electron chi connectivity index (χ4n) is 3.75.